The Balaban J connectivity index is 3.24. The zero-order chi connectivity index (χ0) is 20.6. The smallest absolute Gasteiger partial charge is 0.303 e. The van der Waals surface area contributed by atoms with E-state index in [2.05, 4.69) is 6.58 Å². The first kappa shape index (κ1) is 22.6. The highest BCUT2D eigenvalue weighted by molar-refractivity contribution is 5.68. The van der Waals surface area contributed by atoms with Crippen LogP contribution < -0.4 is 0 Å². The molecule has 1 heterocycles. The van der Waals surface area contributed by atoms with Gasteiger partial charge in [-0.05, 0) is 0 Å². The van der Waals surface area contributed by atoms with E-state index in [9.17, 15) is 19.2 Å². The molecule has 0 bridgehead atoms. The first-order chi connectivity index (χ1) is 12.6. The molecule has 1 saturated heterocycles. The molecule has 1 aliphatic rings. The van der Waals surface area contributed by atoms with Gasteiger partial charge in [-0.2, -0.15) is 0 Å². The maximum Gasteiger partial charge on any atom is 0.303 e. The number of carbonyl (C=O) groups is 4. The highest BCUT2D eigenvalue weighted by Crippen LogP contribution is 2.29. The minimum absolute atomic E-state index is 0.0355. The van der Waals surface area contributed by atoms with Crippen molar-refractivity contribution < 1.29 is 47.6 Å². The Morgan fingerprint density at radius 2 is 1.37 bits per heavy atom. The van der Waals surface area contributed by atoms with Crippen LogP contribution in [-0.4, -0.2) is 67.8 Å². The second-order valence-corrected chi connectivity index (χ2v) is 5.69. The van der Waals surface area contributed by atoms with Crippen molar-refractivity contribution in [3.05, 3.63) is 12.7 Å². The lowest BCUT2D eigenvalue weighted by Crippen LogP contribution is -2.62. The summed E-state index contributed by atoms with van der Waals surface area (Å²) in [5.74, 6) is -2.67. The molecule has 1 rings (SSSR count). The summed E-state index contributed by atoms with van der Waals surface area (Å²) in [6.45, 7) is 7.90. The van der Waals surface area contributed by atoms with Gasteiger partial charge < -0.3 is 28.4 Å². The van der Waals surface area contributed by atoms with Crippen molar-refractivity contribution in [1.82, 2.24) is 0 Å². The molecule has 0 spiro atoms. The Morgan fingerprint density at radius 3 is 1.85 bits per heavy atom. The van der Waals surface area contributed by atoms with Gasteiger partial charge in [0, 0.05) is 27.7 Å². The third-order valence-corrected chi connectivity index (χ3v) is 3.33. The summed E-state index contributed by atoms with van der Waals surface area (Å²) < 4.78 is 31.7. The van der Waals surface area contributed by atoms with Crippen molar-refractivity contribution in [1.29, 1.82) is 0 Å². The summed E-state index contributed by atoms with van der Waals surface area (Å²) in [5.41, 5.74) is 0. The Morgan fingerprint density at radius 1 is 0.852 bits per heavy atom. The van der Waals surface area contributed by atoms with Crippen molar-refractivity contribution >= 4 is 23.9 Å². The van der Waals surface area contributed by atoms with Gasteiger partial charge in [-0.1, -0.05) is 6.08 Å². The van der Waals surface area contributed by atoms with Gasteiger partial charge in [0.15, 0.2) is 24.6 Å². The number of hydrogen-bond acceptors (Lipinski definition) is 10. The largest absolute Gasteiger partial charge is 0.463 e. The summed E-state index contributed by atoms with van der Waals surface area (Å²) in [4.78, 5) is 45.8. The molecule has 0 unspecified atom stereocenters. The lowest BCUT2D eigenvalue weighted by Gasteiger charge is -2.43. The Bertz CT molecular complexity index is 572. The SMILES string of the molecule is C=CCO[C@@H]1O[C@H](COC(C)=O)[C@@H](OC(C)=O)[C@H](OC(C)=O)[C@@H]1OC(C)=O. The Labute approximate surface area is 156 Å². The molecule has 0 amide bonds. The second kappa shape index (κ2) is 10.6. The number of ether oxygens (including phenoxy) is 6. The van der Waals surface area contributed by atoms with Crippen LogP contribution in [0.5, 0.6) is 0 Å². The molecule has 10 nitrogen and oxygen atoms in total. The molecule has 5 atom stereocenters. The van der Waals surface area contributed by atoms with E-state index in [0.29, 0.717) is 0 Å². The van der Waals surface area contributed by atoms with Gasteiger partial charge >= 0.3 is 23.9 Å². The van der Waals surface area contributed by atoms with Gasteiger partial charge in [0.05, 0.1) is 6.61 Å². The maximum atomic E-state index is 11.6. The van der Waals surface area contributed by atoms with Gasteiger partial charge in [-0.15, -0.1) is 6.58 Å². The highest BCUT2D eigenvalue weighted by Gasteiger charge is 2.52. The van der Waals surface area contributed by atoms with Crippen LogP contribution >= 0.6 is 0 Å². The molecule has 0 aromatic rings. The lowest BCUT2D eigenvalue weighted by molar-refractivity contribution is -0.305. The molecule has 0 aromatic carbocycles. The average Bonchev–Trinajstić information content (AvgIpc) is 2.54. The minimum Gasteiger partial charge on any atom is -0.463 e. The molecular formula is C17H24O10. The topological polar surface area (TPSA) is 124 Å². The van der Waals surface area contributed by atoms with Crippen LogP contribution in [0.15, 0.2) is 12.7 Å². The molecule has 10 heteroatoms. The summed E-state index contributed by atoms with van der Waals surface area (Å²) in [5, 5.41) is 0. The third-order valence-electron chi connectivity index (χ3n) is 3.33. The monoisotopic (exact) mass is 388 g/mol. The predicted molar refractivity (Wildman–Crippen MR) is 88.1 cm³/mol. The standard InChI is InChI=1S/C17H24O10/c1-6-7-22-17-16(26-12(5)21)15(25-11(4)20)14(24-10(3)19)13(27-17)8-23-9(2)18/h6,13-17H,1,7-8H2,2-5H3/t13-,14-,15+,16+,17-/m1/s1. The number of esters is 4. The number of carbonyl (C=O) groups excluding carboxylic acids is 4. The van der Waals surface area contributed by atoms with Crippen molar-refractivity contribution in [2.45, 2.75) is 58.4 Å². The van der Waals surface area contributed by atoms with Crippen LogP contribution in [0.2, 0.25) is 0 Å². The van der Waals surface area contributed by atoms with Crippen LogP contribution in [0.25, 0.3) is 0 Å². The van der Waals surface area contributed by atoms with E-state index in [4.69, 9.17) is 28.4 Å². The molecule has 1 aliphatic heterocycles. The van der Waals surface area contributed by atoms with E-state index in [-0.39, 0.29) is 13.2 Å². The molecule has 0 aliphatic carbocycles. The summed E-state index contributed by atoms with van der Waals surface area (Å²) in [6.07, 6.45) is -4.41. The van der Waals surface area contributed by atoms with Crippen molar-refractivity contribution in [3.63, 3.8) is 0 Å². The van der Waals surface area contributed by atoms with Crippen LogP contribution in [0.3, 0.4) is 0 Å². The Kier molecular flexibility index (Phi) is 8.89. The molecule has 152 valence electrons. The maximum absolute atomic E-state index is 11.6. The zero-order valence-electron chi connectivity index (χ0n) is 15.7. The molecule has 1 fully saturated rings. The third kappa shape index (κ3) is 7.35. The van der Waals surface area contributed by atoms with Gasteiger partial charge in [0.25, 0.3) is 0 Å². The van der Waals surface area contributed by atoms with E-state index >= 15 is 0 Å². The first-order valence-electron chi connectivity index (χ1n) is 8.18. The van der Waals surface area contributed by atoms with E-state index in [0.717, 1.165) is 20.8 Å². The van der Waals surface area contributed by atoms with E-state index in [1.807, 2.05) is 0 Å². The van der Waals surface area contributed by atoms with Crippen LogP contribution in [0, 0.1) is 0 Å². The normalized spacial score (nSPS) is 27.2. The second-order valence-electron chi connectivity index (χ2n) is 5.69. The molecule has 0 N–H and O–H groups in total. The Hall–Kier alpha value is -2.46. The fraction of sp³-hybridized carbons (Fsp3) is 0.647. The summed E-state index contributed by atoms with van der Waals surface area (Å²) >= 11 is 0. The van der Waals surface area contributed by atoms with Crippen LogP contribution in [-0.2, 0) is 47.6 Å². The molecule has 0 aromatic heterocycles. The number of rotatable bonds is 8. The fourth-order valence-corrected chi connectivity index (χ4v) is 2.49. The van der Waals surface area contributed by atoms with Gasteiger partial charge in [0.2, 0.25) is 0 Å². The van der Waals surface area contributed by atoms with Gasteiger partial charge in [0.1, 0.15) is 12.7 Å². The van der Waals surface area contributed by atoms with Crippen LogP contribution in [0.1, 0.15) is 27.7 Å². The molecule has 0 radical (unpaired) electrons. The minimum atomic E-state index is -1.24. The predicted octanol–water partition coefficient (Wildman–Crippen LogP) is 0.272. The van der Waals surface area contributed by atoms with E-state index in [1.165, 1.54) is 13.0 Å². The highest BCUT2D eigenvalue weighted by atomic mass is 16.7. The first-order valence-corrected chi connectivity index (χ1v) is 8.18. The molecule has 0 saturated carbocycles. The van der Waals surface area contributed by atoms with Crippen molar-refractivity contribution in [2.75, 3.05) is 13.2 Å². The van der Waals surface area contributed by atoms with Crippen LogP contribution in [0.4, 0.5) is 0 Å². The van der Waals surface area contributed by atoms with Crippen molar-refractivity contribution in [3.8, 4) is 0 Å². The quantitative estimate of drug-likeness (QED) is 0.325. The van der Waals surface area contributed by atoms with Gasteiger partial charge in [-0.3, -0.25) is 19.2 Å². The molecule has 27 heavy (non-hydrogen) atoms. The van der Waals surface area contributed by atoms with Gasteiger partial charge in [-0.25, -0.2) is 0 Å². The van der Waals surface area contributed by atoms with Crippen molar-refractivity contribution in [2.24, 2.45) is 0 Å². The summed E-state index contributed by atoms with van der Waals surface area (Å²) in [7, 11) is 0. The lowest BCUT2D eigenvalue weighted by atomic mass is 9.98. The number of hydrogen-bond donors (Lipinski definition) is 0. The average molecular weight is 388 g/mol. The van der Waals surface area contributed by atoms with E-state index < -0.39 is 54.6 Å². The molecular weight excluding hydrogens is 364 g/mol. The fourth-order valence-electron chi connectivity index (χ4n) is 2.49. The van der Waals surface area contributed by atoms with E-state index in [1.54, 1.807) is 0 Å². The zero-order valence-corrected chi connectivity index (χ0v) is 15.7. The summed E-state index contributed by atoms with van der Waals surface area (Å²) in [6, 6.07) is 0.